The monoisotopic (exact) mass is 362 g/mol. The van der Waals surface area contributed by atoms with Crippen molar-refractivity contribution < 1.29 is 45.7 Å². The van der Waals surface area contributed by atoms with Crippen molar-refractivity contribution in [3.63, 3.8) is 0 Å². The second kappa shape index (κ2) is 43.0. The molecule has 0 aromatic rings. The Balaban J connectivity index is -0.0000000307. The topological polar surface area (TPSA) is 314 Å². The van der Waals surface area contributed by atoms with Crippen molar-refractivity contribution in [1.29, 1.82) is 0 Å². The van der Waals surface area contributed by atoms with E-state index in [2.05, 4.69) is 0 Å². The Bertz CT molecular complexity index is 178. The quantitative estimate of drug-likeness (QED) is 0.208. The van der Waals surface area contributed by atoms with Crippen molar-refractivity contribution in [3.05, 3.63) is 31.9 Å². The van der Waals surface area contributed by atoms with Gasteiger partial charge in [0.25, 0.3) is 0 Å². The van der Waals surface area contributed by atoms with Crippen LogP contribution in [-0.4, -0.2) is 26.2 Å². The first kappa shape index (κ1) is 36.5. The van der Waals surface area contributed by atoms with Gasteiger partial charge in [-0.05, 0) is 0 Å². The van der Waals surface area contributed by atoms with Crippen LogP contribution in [0.1, 0.15) is 0 Å². The van der Waals surface area contributed by atoms with Gasteiger partial charge in [0, 0.05) is 26.2 Å². The zero-order chi connectivity index (χ0) is 16.7. The fourth-order valence-electron chi connectivity index (χ4n) is 0. The summed E-state index contributed by atoms with van der Waals surface area (Å²) >= 11 is 0. The van der Waals surface area contributed by atoms with Gasteiger partial charge < -0.3 is 45.1 Å². The largest absolute Gasteiger partial charge is 3.00 e. The molecular weight excluding hydrogens is 346 g/mol. The average molecular weight is 363 g/mol. The molecule has 0 radical (unpaired) electrons. The Labute approximate surface area is 127 Å². The predicted octanol–water partition coefficient (Wildman–Crippen LogP) is -5.22. The maximum atomic E-state index is 8.49. The minimum atomic E-state index is -4.94. The van der Waals surface area contributed by atoms with Gasteiger partial charge in [0.15, 0.2) is 0 Å². The van der Waals surface area contributed by atoms with Crippen LogP contribution >= 0.6 is 0 Å². The molecule has 0 aromatic heterocycles. The zero-order valence-electron chi connectivity index (χ0n) is 10.2. The van der Waals surface area contributed by atoms with E-state index in [0.29, 0.717) is 26.2 Å². The van der Waals surface area contributed by atoms with E-state index < -0.39 is 10.2 Å². The summed E-state index contributed by atoms with van der Waals surface area (Å²) in [6, 6.07) is 0. The number of hydrogen-bond donors (Lipinski definition) is 4. The molecule has 16 heteroatoms. The molecular formula is C4H16ClCoN10O4. The minimum absolute atomic E-state index is 0. The fourth-order valence-corrected chi connectivity index (χ4v) is 0. The van der Waals surface area contributed by atoms with Crippen LogP contribution in [-0.2, 0) is 16.8 Å². The molecule has 0 aliphatic heterocycles. The van der Waals surface area contributed by atoms with E-state index in [4.69, 9.17) is 63.7 Å². The Hall–Kier alpha value is -0.904. The number of rotatable bonds is 2. The van der Waals surface area contributed by atoms with Gasteiger partial charge in [0.2, 0.25) is 0 Å². The second-order valence-electron chi connectivity index (χ2n) is 1.71. The molecule has 0 aliphatic carbocycles. The van der Waals surface area contributed by atoms with Gasteiger partial charge >= 0.3 is 16.8 Å². The number of halogens is 1. The molecule has 0 atom stereocenters. The van der Waals surface area contributed by atoms with Gasteiger partial charge in [0.1, 0.15) is 0 Å². The summed E-state index contributed by atoms with van der Waals surface area (Å²) in [5, 5.41) is 0. The first-order chi connectivity index (χ1) is 8.66. The molecule has 0 saturated carbocycles. The molecule has 0 fully saturated rings. The summed E-state index contributed by atoms with van der Waals surface area (Å²) in [4.78, 5) is 3.00. The van der Waals surface area contributed by atoms with E-state index in [1.807, 2.05) is 0 Å². The van der Waals surface area contributed by atoms with Gasteiger partial charge in [-0.2, -0.15) is 0 Å². The Kier molecular flexibility index (Phi) is 78.3. The van der Waals surface area contributed by atoms with Crippen molar-refractivity contribution in [2.24, 2.45) is 22.9 Å². The summed E-state index contributed by atoms with van der Waals surface area (Å²) in [5.74, 6) is 0. The molecule has 0 rings (SSSR count). The molecule has 0 aliphatic rings. The molecule has 0 spiro atoms. The van der Waals surface area contributed by atoms with Crippen molar-refractivity contribution in [2.45, 2.75) is 0 Å². The second-order valence-corrected chi connectivity index (χ2v) is 2.47. The Morgan fingerprint density at radius 1 is 0.650 bits per heavy atom. The van der Waals surface area contributed by atoms with Crippen LogP contribution in [0.3, 0.4) is 0 Å². The average Bonchev–Trinajstić information content (AvgIpc) is 2.29. The van der Waals surface area contributed by atoms with Crippen LogP contribution in [0.4, 0.5) is 0 Å². The SMILES string of the molecule is NCCN.NCCN.[Co+3].[N-]=[N+]=[N-].[N-]=[N+]=[N-].[O-][Cl+3]([O-])([O-])[O-]. The first-order valence-corrected chi connectivity index (χ1v) is 5.28. The summed E-state index contributed by atoms with van der Waals surface area (Å²) < 4.78 is 34.0. The number of hydrogen-bond acceptors (Lipinski definition) is 8. The molecule has 0 amide bonds. The molecule has 8 N–H and O–H groups in total. The van der Waals surface area contributed by atoms with Crippen LogP contribution in [0.5, 0.6) is 0 Å². The van der Waals surface area contributed by atoms with Crippen molar-refractivity contribution in [3.8, 4) is 0 Å². The molecule has 20 heavy (non-hydrogen) atoms. The van der Waals surface area contributed by atoms with Crippen LogP contribution in [0, 0.1) is 10.2 Å². The summed E-state index contributed by atoms with van der Waals surface area (Å²) in [7, 11) is -4.94. The van der Waals surface area contributed by atoms with Crippen LogP contribution < -0.4 is 41.6 Å². The summed E-state index contributed by atoms with van der Waals surface area (Å²) in [5.41, 5.74) is 46.6. The van der Waals surface area contributed by atoms with E-state index in [0.717, 1.165) is 0 Å². The predicted molar refractivity (Wildman–Crippen MR) is 56.4 cm³/mol. The van der Waals surface area contributed by atoms with Crippen LogP contribution in [0.25, 0.3) is 31.9 Å². The summed E-state index contributed by atoms with van der Waals surface area (Å²) in [6.45, 7) is 2.39. The maximum Gasteiger partial charge on any atom is 3.00 e. The molecule has 0 bridgehead atoms. The van der Waals surface area contributed by atoms with E-state index >= 15 is 0 Å². The summed E-state index contributed by atoms with van der Waals surface area (Å²) in [6.07, 6.45) is 0. The minimum Gasteiger partial charge on any atom is -0.373 e. The standard InChI is InChI=1S/2C2H8N2.ClHO4.Co.2N3/c2*3-1-2-4;2-1(3,4)5;;2*1-3-2/h2*1-4H2;(H,2,3,4,5);;;/q;;;+3;2*-1/p-1. The van der Waals surface area contributed by atoms with Crippen molar-refractivity contribution in [1.82, 2.24) is 0 Å². The normalized spacial score (nSPS) is 6.80. The smallest absolute Gasteiger partial charge is 0.373 e. The zero-order valence-corrected chi connectivity index (χ0v) is 12.0. The van der Waals surface area contributed by atoms with Crippen molar-refractivity contribution >= 4 is 0 Å². The molecule has 0 unspecified atom stereocenters. The van der Waals surface area contributed by atoms with Gasteiger partial charge in [-0.15, -0.1) is 10.2 Å². The third-order valence-electron chi connectivity index (χ3n) is 0.333. The Morgan fingerprint density at radius 3 is 0.700 bits per heavy atom. The third kappa shape index (κ3) is 3680. The van der Waals surface area contributed by atoms with E-state index in [9.17, 15) is 0 Å². The molecule has 14 nitrogen and oxygen atoms in total. The Morgan fingerprint density at radius 2 is 0.700 bits per heavy atom. The van der Waals surface area contributed by atoms with Crippen molar-refractivity contribution in [2.75, 3.05) is 26.2 Å². The van der Waals surface area contributed by atoms with E-state index in [1.165, 1.54) is 9.82 Å². The van der Waals surface area contributed by atoms with Crippen LogP contribution in [0.15, 0.2) is 0 Å². The van der Waals surface area contributed by atoms with Gasteiger partial charge in [0.05, 0.1) is 0 Å². The number of nitrogens with zero attached hydrogens (tertiary/aromatic N) is 6. The van der Waals surface area contributed by atoms with E-state index in [1.54, 1.807) is 0 Å². The first-order valence-electron chi connectivity index (χ1n) is 4.05. The maximum absolute atomic E-state index is 8.49. The van der Waals surface area contributed by atoms with Gasteiger partial charge in [-0.25, -0.2) is 18.6 Å². The van der Waals surface area contributed by atoms with Gasteiger partial charge in [-0.1, -0.05) is 0 Å². The number of nitrogens with two attached hydrogens (primary N) is 4. The fraction of sp³-hybridized carbons (Fsp3) is 1.00. The molecule has 0 aromatic carbocycles. The van der Waals surface area contributed by atoms with Crippen LogP contribution in [0.2, 0.25) is 0 Å². The van der Waals surface area contributed by atoms with E-state index in [-0.39, 0.29) is 16.8 Å². The molecule has 0 saturated heterocycles. The molecule has 122 valence electrons. The van der Waals surface area contributed by atoms with Gasteiger partial charge in [-0.3, -0.25) is 9.82 Å². The third-order valence-corrected chi connectivity index (χ3v) is 0.333. The molecule has 0 heterocycles.